The predicted octanol–water partition coefficient (Wildman–Crippen LogP) is 0.150. The standard InChI is InChI=1S/C15H23N5O/c16-15(18-17)20-8-9-21-14-6-7-19(11-13(14)20)10-12-4-2-1-3-5-12/h1-5,13-14H,6-11,17H2,(H2,16,18). The van der Waals surface area contributed by atoms with Gasteiger partial charge in [0.15, 0.2) is 0 Å². The Hall–Kier alpha value is -1.79. The first-order chi connectivity index (χ1) is 10.3. The van der Waals surface area contributed by atoms with Gasteiger partial charge in [0.2, 0.25) is 5.96 Å². The zero-order valence-corrected chi connectivity index (χ0v) is 12.2. The molecule has 0 radical (unpaired) electrons. The van der Waals surface area contributed by atoms with E-state index < -0.39 is 0 Å². The van der Waals surface area contributed by atoms with E-state index in [1.807, 2.05) is 6.07 Å². The number of hydrazone groups is 1. The highest BCUT2D eigenvalue weighted by atomic mass is 16.5. The van der Waals surface area contributed by atoms with Crippen LogP contribution in [0, 0.1) is 0 Å². The number of morpholine rings is 1. The summed E-state index contributed by atoms with van der Waals surface area (Å²) in [5.41, 5.74) is 7.26. The fourth-order valence-corrected chi connectivity index (χ4v) is 3.28. The van der Waals surface area contributed by atoms with E-state index in [-0.39, 0.29) is 12.1 Å². The Labute approximate surface area is 125 Å². The Morgan fingerprint density at radius 2 is 2.10 bits per heavy atom. The van der Waals surface area contributed by atoms with E-state index in [1.165, 1.54) is 5.56 Å². The molecule has 2 fully saturated rings. The molecule has 114 valence electrons. The van der Waals surface area contributed by atoms with Gasteiger partial charge in [0.1, 0.15) is 0 Å². The summed E-state index contributed by atoms with van der Waals surface area (Å²) in [7, 11) is 0. The van der Waals surface area contributed by atoms with E-state index in [0.29, 0.717) is 12.6 Å². The monoisotopic (exact) mass is 289 g/mol. The van der Waals surface area contributed by atoms with Crippen molar-refractivity contribution in [3.63, 3.8) is 0 Å². The van der Waals surface area contributed by atoms with Crippen LogP contribution in [-0.4, -0.2) is 54.1 Å². The molecule has 0 saturated carbocycles. The Balaban J connectivity index is 1.68. The molecule has 1 aromatic carbocycles. The van der Waals surface area contributed by atoms with Crippen molar-refractivity contribution in [1.82, 2.24) is 9.80 Å². The maximum atomic E-state index is 5.93. The Bertz CT molecular complexity index is 492. The summed E-state index contributed by atoms with van der Waals surface area (Å²) in [6, 6.07) is 10.8. The first-order valence-electron chi connectivity index (χ1n) is 7.46. The van der Waals surface area contributed by atoms with Crippen LogP contribution in [0.3, 0.4) is 0 Å². The number of benzene rings is 1. The van der Waals surface area contributed by atoms with Gasteiger partial charge in [-0.15, -0.1) is 5.10 Å². The van der Waals surface area contributed by atoms with E-state index in [1.54, 1.807) is 0 Å². The van der Waals surface area contributed by atoms with Gasteiger partial charge in [-0.2, -0.15) is 0 Å². The molecule has 4 N–H and O–H groups in total. The Morgan fingerprint density at radius 3 is 2.86 bits per heavy atom. The molecule has 6 nitrogen and oxygen atoms in total. The van der Waals surface area contributed by atoms with Gasteiger partial charge in [-0.25, -0.2) is 0 Å². The number of nitrogens with zero attached hydrogens (tertiary/aromatic N) is 3. The molecule has 2 saturated heterocycles. The first kappa shape index (κ1) is 14.2. The van der Waals surface area contributed by atoms with Crippen molar-refractivity contribution in [3.8, 4) is 0 Å². The molecule has 0 amide bonds. The lowest BCUT2D eigenvalue weighted by Crippen LogP contribution is -2.62. The maximum Gasteiger partial charge on any atom is 0.213 e. The van der Waals surface area contributed by atoms with Crippen molar-refractivity contribution in [2.75, 3.05) is 26.2 Å². The highest BCUT2D eigenvalue weighted by Gasteiger charge is 2.37. The van der Waals surface area contributed by atoms with Gasteiger partial charge >= 0.3 is 0 Å². The lowest BCUT2D eigenvalue weighted by Gasteiger charge is -2.47. The number of guanidine groups is 1. The van der Waals surface area contributed by atoms with Crippen LogP contribution in [0.15, 0.2) is 35.4 Å². The normalized spacial score (nSPS) is 27.4. The van der Waals surface area contributed by atoms with Gasteiger partial charge in [0, 0.05) is 26.2 Å². The van der Waals surface area contributed by atoms with E-state index in [2.05, 4.69) is 39.2 Å². The molecule has 2 unspecified atom stereocenters. The van der Waals surface area contributed by atoms with Gasteiger partial charge in [-0.1, -0.05) is 30.3 Å². The summed E-state index contributed by atoms with van der Waals surface area (Å²) in [4.78, 5) is 4.54. The van der Waals surface area contributed by atoms with Gasteiger partial charge in [-0.3, -0.25) is 4.90 Å². The third kappa shape index (κ3) is 3.11. The topological polar surface area (TPSA) is 80.1 Å². The average molecular weight is 289 g/mol. The Morgan fingerprint density at radius 1 is 1.29 bits per heavy atom. The van der Waals surface area contributed by atoms with Crippen LogP contribution in [0.5, 0.6) is 0 Å². The quantitative estimate of drug-likeness (QED) is 0.351. The van der Waals surface area contributed by atoms with E-state index in [0.717, 1.165) is 32.6 Å². The summed E-state index contributed by atoms with van der Waals surface area (Å²) in [5, 5.41) is 3.66. The molecule has 2 heterocycles. The van der Waals surface area contributed by atoms with Crippen LogP contribution in [0.4, 0.5) is 0 Å². The number of ether oxygens (including phenoxy) is 1. The van der Waals surface area contributed by atoms with E-state index in [9.17, 15) is 0 Å². The van der Waals surface area contributed by atoms with Crippen LogP contribution in [0.25, 0.3) is 0 Å². The summed E-state index contributed by atoms with van der Waals surface area (Å²) < 4.78 is 5.89. The summed E-state index contributed by atoms with van der Waals surface area (Å²) in [5.74, 6) is 5.76. The molecule has 0 bridgehead atoms. The van der Waals surface area contributed by atoms with Crippen molar-refractivity contribution < 1.29 is 4.74 Å². The fourth-order valence-electron chi connectivity index (χ4n) is 3.28. The van der Waals surface area contributed by atoms with Crippen LogP contribution in [0.2, 0.25) is 0 Å². The molecule has 2 aliphatic rings. The molecular formula is C15H23N5O. The van der Waals surface area contributed by atoms with Crippen LogP contribution in [-0.2, 0) is 11.3 Å². The van der Waals surface area contributed by atoms with E-state index >= 15 is 0 Å². The molecular weight excluding hydrogens is 266 g/mol. The van der Waals surface area contributed by atoms with Gasteiger partial charge in [0.05, 0.1) is 18.8 Å². The zero-order valence-electron chi connectivity index (χ0n) is 12.2. The van der Waals surface area contributed by atoms with Crippen molar-refractivity contribution in [2.24, 2.45) is 16.7 Å². The molecule has 2 atom stereocenters. The minimum atomic E-state index is 0.228. The molecule has 21 heavy (non-hydrogen) atoms. The van der Waals surface area contributed by atoms with Crippen molar-refractivity contribution >= 4 is 5.96 Å². The lowest BCUT2D eigenvalue weighted by molar-refractivity contribution is -0.0821. The number of fused-ring (bicyclic) bond motifs is 1. The molecule has 0 aromatic heterocycles. The highest BCUT2D eigenvalue weighted by molar-refractivity contribution is 5.78. The van der Waals surface area contributed by atoms with Gasteiger partial charge in [0.25, 0.3) is 0 Å². The number of hydrogen-bond donors (Lipinski definition) is 2. The van der Waals surface area contributed by atoms with Crippen LogP contribution >= 0.6 is 0 Å². The SMILES string of the molecule is N/N=C(/N)N1CCOC2CCN(Cc3ccccc3)CC21. The number of hydrogen-bond acceptors (Lipinski definition) is 4. The van der Waals surface area contributed by atoms with Crippen LogP contribution < -0.4 is 11.6 Å². The third-order valence-electron chi connectivity index (χ3n) is 4.34. The third-order valence-corrected chi connectivity index (χ3v) is 4.34. The molecule has 1 aromatic rings. The Kier molecular flexibility index (Phi) is 4.26. The maximum absolute atomic E-state index is 5.93. The fraction of sp³-hybridized carbons (Fsp3) is 0.533. The second-order valence-corrected chi connectivity index (χ2v) is 5.67. The largest absolute Gasteiger partial charge is 0.374 e. The second-order valence-electron chi connectivity index (χ2n) is 5.67. The zero-order chi connectivity index (χ0) is 14.7. The van der Waals surface area contributed by atoms with Crippen molar-refractivity contribution in [3.05, 3.63) is 35.9 Å². The van der Waals surface area contributed by atoms with Gasteiger partial charge in [-0.05, 0) is 12.0 Å². The molecule has 0 aliphatic carbocycles. The average Bonchev–Trinajstić information content (AvgIpc) is 2.54. The molecule has 0 spiro atoms. The number of likely N-dealkylation sites (tertiary alicyclic amines) is 1. The lowest BCUT2D eigenvalue weighted by atomic mass is 9.98. The molecule has 2 aliphatic heterocycles. The minimum Gasteiger partial charge on any atom is -0.374 e. The number of nitrogens with two attached hydrogens (primary N) is 2. The first-order valence-corrected chi connectivity index (χ1v) is 7.46. The van der Waals surface area contributed by atoms with E-state index in [4.69, 9.17) is 16.3 Å². The van der Waals surface area contributed by atoms with Crippen molar-refractivity contribution in [1.29, 1.82) is 0 Å². The number of rotatable bonds is 2. The van der Waals surface area contributed by atoms with Crippen LogP contribution in [0.1, 0.15) is 12.0 Å². The highest BCUT2D eigenvalue weighted by Crippen LogP contribution is 2.24. The van der Waals surface area contributed by atoms with Gasteiger partial charge < -0.3 is 21.2 Å². The minimum absolute atomic E-state index is 0.228. The summed E-state index contributed by atoms with van der Waals surface area (Å²) in [6.45, 7) is 4.37. The molecule has 3 rings (SSSR count). The smallest absolute Gasteiger partial charge is 0.213 e. The predicted molar refractivity (Wildman–Crippen MR) is 82.4 cm³/mol. The summed E-state index contributed by atoms with van der Waals surface area (Å²) in [6.07, 6.45) is 1.25. The second kappa shape index (κ2) is 6.32. The van der Waals surface area contributed by atoms with Crippen molar-refractivity contribution in [2.45, 2.75) is 25.1 Å². The molecule has 6 heteroatoms. The summed E-state index contributed by atoms with van der Waals surface area (Å²) >= 11 is 0. The number of piperidine rings is 1.